The Morgan fingerprint density at radius 2 is 2.00 bits per heavy atom. The lowest BCUT2D eigenvalue weighted by atomic mass is 10.0. The molecule has 64 valence electrons. The minimum Gasteiger partial charge on any atom is -0.298 e. The van der Waals surface area contributed by atoms with Crippen molar-refractivity contribution >= 4 is 16.6 Å². The lowest BCUT2D eigenvalue weighted by molar-refractivity contribution is -0.120. The Bertz CT molecular complexity index is 171. The first-order valence-electron chi connectivity index (χ1n) is 4.03. The zero-order chi connectivity index (χ0) is 8.27. The summed E-state index contributed by atoms with van der Waals surface area (Å²) >= 11 is 0. The van der Waals surface area contributed by atoms with Crippen LogP contribution in [0.25, 0.3) is 0 Å². The quantitative estimate of drug-likeness (QED) is 0.642. The second kappa shape index (κ2) is 4.00. The molecule has 0 N–H and O–H groups in total. The van der Waals surface area contributed by atoms with Gasteiger partial charge in [0.1, 0.15) is 5.78 Å². The van der Waals surface area contributed by atoms with Gasteiger partial charge in [-0.3, -0.25) is 9.00 Å². The number of Topliss-reactive ketones (excluding diaryl/α,β-unsaturated/α-hetero) is 1. The molecule has 1 saturated carbocycles. The van der Waals surface area contributed by atoms with E-state index in [9.17, 15) is 9.00 Å². The van der Waals surface area contributed by atoms with E-state index in [1.165, 1.54) is 12.8 Å². The molecule has 0 aromatic carbocycles. The summed E-state index contributed by atoms with van der Waals surface area (Å²) in [5.41, 5.74) is 0. The van der Waals surface area contributed by atoms with Crippen LogP contribution >= 0.6 is 0 Å². The van der Waals surface area contributed by atoms with Crippen LogP contribution in [0.3, 0.4) is 0 Å². The fourth-order valence-electron chi connectivity index (χ4n) is 1.57. The maximum atomic E-state index is 11.3. The van der Waals surface area contributed by atoms with Crippen molar-refractivity contribution in [3.8, 4) is 0 Å². The van der Waals surface area contributed by atoms with Crippen molar-refractivity contribution in [3.05, 3.63) is 0 Å². The number of carbonyl (C=O) groups is 1. The van der Waals surface area contributed by atoms with Gasteiger partial charge in [0.05, 0.1) is 5.75 Å². The molecule has 0 radical (unpaired) electrons. The van der Waals surface area contributed by atoms with Gasteiger partial charge >= 0.3 is 0 Å². The lowest BCUT2D eigenvalue weighted by Crippen LogP contribution is -2.17. The monoisotopic (exact) mass is 174 g/mol. The second-order valence-corrected chi connectivity index (χ2v) is 4.60. The van der Waals surface area contributed by atoms with E-state index in [2.05, 4.69) is 0 Å². The Kier molecular flexibility index (Phi) is 3.24. The SMILES string of the molecule is CS(=O)CC(=O)C1CCCC1. The van der Waals surface area contributed by atoms with Crippen LogP contribution < -0.4 is 0 Å². The van der Waals surface area contributed by atoms with Crippen molar-refractivity contribution in [1.29, 1.82) is 0 Å². The second-order valence-electron chi connectivity index (χ2n) is 3.17. The summed E-state index contributed by atoms with van der Waals surface area (Å²) in [4.78, 5) is 11.3. The number of hydrogen-bond acceptors (Lipinski definition) is 2. The smallest absolute Gasteiger partial charge is 0.148 e. The Hall–Kier alpha value is -0.180. The molecule has 0 saturated heterocycles. The van der Waals surface area contributed by atoms with Crippen LogP contribution in [0.2, 0.25) is 0 Å². The van der Waals surface area contributed by atoms with Crippen LogP contribution in [0.1, 0.15) is 25.7 Å². The summed E-state index contributed by atoms with van der Waals surface area (Å²) in [5.74, 6) is 0.715. The summed E-state index contributed by atoms with van der Waals surface area (Å²) in [7, 11) is -0.941. The normalized spacial score (nSPS) is 21.9. The standard InChI is InChI=1S/C8H14O2S/c1-11(10)6-8(9)7-4-2-3-5-7/h7H,2-6H2,1H3. The predicted molar refractivity (Wildman–Crippen MR) is 45.9 cm³/mol. The van der Waals surface area contributed by atoms with Crippen molar-refractivity contribution in [3.63, 3.8) is 0 Å². The van der Waals surface area contributed by atoms with Gasteiger partial charge in [0, 0.05) is 23.0 Å². The van der Waals surface area contributed by atoms with Gasteiger partial charge in [0.25, 0.3) is 0 Å². The molecule has 1 rings (SSSR count). The maximum absolute atomic E-state index is 11.3. The van der Waals surface area contributed by atoms with E-state index in [1.54, 1.807) is 6.26 Å². The fraction of sp³-hybridized carbons (Fsp3) is 0.875. The Morgan fingerprint density at radius 3 is 2.45 bits per heavy atom. The number of ketones is 1. The molecule has 0 bridgehead atoms. The summed E-state index contributed by atoms with van der Waals surface area (Å²) in [6.45, 7) is 0. The Balaban J connectivity index is 2.34. The van der Waals surface area contributed by atoms with Crippen molar-refractivity contribution in [2.75, 3.05) is 12.0 Å². The van der Waals surface area contributed by atoms with Crippen molar-refractivity contribution in [2.24, 2.45) is 5.92 Å². The molecule has 0 aromatic rings. The molecule has 1 fully saturated rings. The summed E-state index contributed by atoms with van der Waals surface area (Å²) in [5, 5.41) is 0. The van der Waals surface area contributed by atoms with E-state index in [0.717, 1.165) is 12.8 Å². The molecule has 0 spiro atoms. The molecule has 0 amide bonds. The number of hydrogen-bond donors (Lipinski definition) is 0. The minimum atomic E-state index is -0.941. The largest absolute Gasteiger partial charge is 0.298 e. The van der Waals surface area contributed by atoms with Crippen molar-refractivity contribution < 1.29 is 9.00 Å². The highest BCUT2D eigenvalue weighted by molar-refractivity contribution is 7.85. The number of rotatable bonds is 3. The molecule has 2 nitrogen and oxygen atoms in total. The zero-order valence-electron chi connectivity index (χ0n) is 6.84. The summed E-state index contributed by atoms with van der Waals surface area (Å²) < 4.78 is 10.7. The third-order valence-corrected chi connectivity index (χ3v) is 2.85. The maximum Gasteiger partial charge on any atom is 0.148 e. The first-order valence-corrected chi connectivity index (χ1v) is 5.75. The average molecular weight is 174 g/mol. The first-order chi connectivity index (χ1) is 5.20. The third kappa shape index (κ3) is 2.73. The van der Waals surface area contributed by atoms with Gasteiger partial charge in [-0.15, -0.1) is 0 Å². The highest BCUT2D eigenvalue weighted by Crippen LogP contribution is 2.25. The topological polar surface area (TPSA) is 34.1 Å². The molecule has 11 heavy (non-hydrogen) atoms. The van der Waals surface area contributed by atoms with Gasteiger partial charge in [0.15, 0.2) is 0 Å². The van der Waals surface area contributed by atoms with Gasteiger partial charge in [-0.05, 0) is 12.8 Å². The van der Waals surface area contributed by atoms with Crippen molar-refractivity contribution in [2.45, 2.75) is 25.7 Å². The van der Waals surface area contributed by atoms with E-state index in [-0.39, 0.29) is 17.5 Å². The Morgan fingerprint density at radius 1 is 1.45 bits per heavy atom. The van der Waals surface area contributed by atoms with Crippen LogP contribution in [-0.4, -0.2) is 22.0 Å². The molecule has 0 aromatic heterocycles. The van der Waals surface area contributed by atoms with Crippen LogP contribution in [0, 0.1) is 5.92 Å². The van der Waals surface area contributed by atoms with Crippen LogP contribution in [0.15, 0.2) is 0 Å². The van der Waals surface area contributed by atoms with E-state index in [0.29, 0.717) is 0 Å². The van der Waals surface area contributed by atoms with E-state index in [1.807, 2.05) is 0 Å². The van der Waals surface area contributed by atoms with E-state index >= 15 is 0 Å². The molecule has 1 atom stereocenters. The van der Waals surface area contributed by atoms with Gasteiger partial charge < -0.3 is 0 Å². The third-order valence-electron chi connectivity index (χ3n) is 2.16. The molecule has 1 aliphatic rings. The summed E-state index contributed by atoms with van der Waals surface area (Å²) in [6, 6.07) is 0. The molecule has 1 unspecified atom stereocenters. The molecule has 1 aliphatic carbocycles. The Labute approximate surface area is 69.8 Å². The van der Waals surface area contributed by atoms with Gasteiger partial charge in [0.2, 0.25) is 0 Å². The zero-order valence-corrected chi connectivity index (χ0v) is 7.65. The van der Waals surface area contributed by atoms with Crippen LogP contribution in [-0.2, 0) is 15.6 Å². The molecule has 0 heterocycles. The van der Waals surface area contributed by atoms with E-state index < -0.39 is 10.8 Å². The highest BCUT2D eigenvalue weighted by Gasteiger charge is 2.22. The molecular formula is C8H14O2S. The van der Waals surface area contributed by atoms with Crippen molar-refractivity contribution in [1.82, 2.24) is 0 Å². The van der Waals surface area contributed by atoms with Gasteiger partial charge in [-0.1, -0.05) is 12.8 Å². The number of carbonyl (C=O) groups excluding carboxylic acids is 1. The van der Waals surface area contributed by atoms with E-state index in [4.69, 9.17) is 0 Å². The minimum absolute atomic E-state index is 0.211. The van der Waals surface area contributed by atoms with Crippen LogP contribution in [0.5, 0.6) is 0 Å². The van der Waals surface area contributed by atoms with Gasteiger partial charge in [-0.2, -0.15) is 0 Å². The fourth-order valence-corrected chi connectivity index (χ4v) is 2.20. The molecule has 0 aliphatic heterocycles. The highest BCUT2D eigenvalue weighted by atomic mass is 32.2. The lowest BCUT2D eigenvalue weighted by Gasteiger charge is -2.04. The molecular weight excluding hydrogens is 160 g/mol. The van der Waals surface area contributed by atoms with Gasteiger partial charge in [-0.25, -0.2) is 0 Å². The molecule has 3 heteroatoms. The average Bonchev–Trinajstić information content (AvgIpc) is 2.35. The first kappa shape index (κ1) is 8.91. The predicted octanol–water partition coefficient (Wildman–Crippen LogP) is 1.12. The summed E-state index contributed by atoms with van der Waals surface area (Å²) in [6.07, 6.45) is 5.98. The van der Waals surface area contributed by atoms with Crippen LogP contribution in [0.4, 0.5) is 0 Å².